The average Bonchev–Trinajstić information content (AvgIpc) is 2.89. The Morgan fingerprint density at radius 2 is 1.89 bits per heavy atom. The standard InChI is InChI=1S/C14H11N3O2/c1-9-8-15-7-6-12(9)13-16-14(19-17-13)10-2-4-11(18)5-3-10/h2-8,18H,1H3. The van der Waals surface area contributed by atoms with E-state index in [1.807, 2.05) is 13.0 Å². The van der Waals surface area contributed by atoms with Crippen LogP contribution < -0.4 is 0 Å². The summed E-state index contributed by atoms with van der Waals surface area (Å²) in [6.45, 7) is 1.94. The summed E-state index contributed by atoms with van der Waals surface area (Å²) in [6, 6.07) is 8.46. The van der Waals surface area contributed by atoms with Gasteiger partial charge in [-0.05, 0) is 42.8 Å². The van der Waals surface area contributed by atoms with Gasteiger partial charge in [0.05, 0.1) is 0 Å². The zero-order valence-corrected chi connectivity index (χ0v) is 10.2. The fourth-order valence-electron chi connectivity index (χ4n) is 1.78. The van der Waals surface area contributed by atoms with Crippen LogP contribution in [0.1, 0.15) is 5.56 Å². The number of hydrogen-bond donors (Lipinski definition) is 1. The van der Waals surface area contributed by atoms with Crippen molar-refractivity contribution >= 4 is 0 Å². The van der Waals surface area contributed by atoms with Gasteiger partial charge in [0.25, 0.3) is 5.89 Å². The molecule has 0 unspecified atom stereocenters. The van der Waals surface area contributed by atoms with Crippen LogP contribution in [0.2, 0.25) is 0 Å². The number of benzene rings is 1. The number of hydrogen-bond acceptors (Lipinski definition) is 5. The smallest absolute Gasteiger partial charge is 0.258 e. The van der Waals surface area contributed by atoms with E-state index in [1.165, 1.54) is 0 Å². The van der Waals surface area contributed by atoms with E-state index in [0.29, 0.717) is 11.7 Å². The van der Waals surface area contributed by atoms with Gasteiger partial charge in [-0.1, -0.05) is 5.16 Å². The van der Waals surface area contributed by atoms with Crippen LogP contribution in [-0.4, -0.2) is 20.2 Å². The average molecular weight is 253 g/mol. The minimum atomic E-state index is 0.202. The molecule has 0 saturated carbocycles. The van der Waals surface area contributed by atoms with Crippen LogP contribution in [0, 0.1) is 6.92 Å². The summed E-state index contributed by atoms with van der Waals surface area (Å²) in [5.74, 6) is 1.16. The molecule has 0 saturated heterocycles. The lowest BCUT2D eigenvalue weighted by Crippen LogP contribution is -1.86. The van der Waals surface area contributed by atoms with Crippen LogP contribution in [0.25, 0.3) is 22.8 Å². The Hall–Kier alpha value is -2.69. The van der Waals surface area contributed by atoms with Crippen molar-refractivity contribution in [3.63, 3.8) is 0 Å². The van der Waals surface area contributed by atoms with Gasteiger partial charge in [0.1, 0.15) is 5.75 Å². The van der Waals surface area contributed by atoms with Gasteiger partial charge in [-0.15, -0.1) is 0 Å². The topological polar surface area (TPSA) is 72.0 Å². The molecule has 0 amide bonds. The van der Waals surface area contributed by atoms with Crippen molar-refractivity contribution in [2.75, 3.05) is 0 Å². The highest BCUT2D eigenvalue weighted by atomic mass is 16.5. The van der Waals surface area contributed by atoms with E-state index >= 15 is 0 Å². The number of aryl methyl sites for hydroxylation is 1. The predicted molar refractivity (Wildman–Crippen MR) is 69.4 cm³/mol. The first kappa shape index (κ1) is 11.4. The minimum Gasteiger partial charge on any atom is -0.508 e. The van der Waals surface area contributed by atoms with Crippen molar-refractivity contribution in [1.82, 2.24) is 15.1 Å². The Kier molecular flexibility index (Phi) is 2.72. The largest absolute Gasteiger partial charge is 0.508 e. The third kappa shape index (κ3) is 2.18. The number of aromatic nitrogens is 3. The van der Waals surface area contributed by atoms with Crippen molar-refractivity contribution in [2.24, 2.45) is 0 Å². The second-order valence-electron chi connectivity index (χ2n) is 4.16. The molecule has 2 aromatic heterocycles. The Labute approximate surface area is 109 Å². The van der Waals surface area contributed by atoms with Crippen LogP contribution in [0.4, 0.5) is 0 Å². The van der Waals surface area contributed by atoms with E-state index in [4.69, 9.17) is 4.52 Å². The monoisotopic (exact) mass is 253 g/mol. The second-order valence-corrected chi connectivity index (χ2v) is 4.16. The zero-order chi connectivity index (χ0) is 13.2. The molecule has 5 nitrogen and oxygen atoms in total. The Balaban J connectivity index is 2.00. The molecule has 0 aliphatic rings. The van der Waals surface area contributed by atoms with E-state index < -0.39 is 0 Å². The highest BCUT2D eigenvalue weighted by Gasteiger charge is 2.12. The Morgan fingerprint density at radius 3 is 2.63 bits per heavy atom. The van der Waals surface area contributed by atoms with Crippen molar-refractivity contribution in [3.05, 3.63) is 48.3 Å². The van der Waals surface area contributed by atoms with E-state index in [-0.39, 0.29) is 5.75 Å². The predicted octanol–water partition coefficient (Wildman–Crippen LogP) is 2.81. The van der Waals surface area contributed by atoms with Gasteiger partial charge in [-0.3, -0.25) is 4.98 Å². The van der Waals surface area contributed by atoms with E-state index in [2.05, 4.69) is 15.1 Å². The molecule has 0 radical (unpaired) electrons. The summed E-state index contributed by atoms with van der Waals surface area (Å²) in [4.78, 5) is 8.39. The van der Waals surface area contributed by atoms with Gasteiger partial charge in [0, 0.05) is 23.5 Å². The molecule has 0 fully saturated rings. The van der Waals surface area contributed by atoms with E-state index in [0.717, 1.165) is 16.7 Å². The first-order chi connectivity index (χ1) is 9.24. The lowest BCUT2D eigenvalue weighted by Gasteiger charge is -1.97. The summed E-state index contributed by atoms with van der Waals surface area (Å²) in [7, 11) is 0. The number of nitrogens with zero attached hydrogens (tertiary/aromatic N) is 3. The van der Waals surface area contributed by atoms with Crippen LogP contribution >= 0.6 is 0 Å². The number of rotatable bonds is 2. The van der Waals surface area contributed by atoms with E-state index in [9.17, 15) is 5.11 Å². The molecule has 1 N–H and O–H groups in total. The number of phenolic OH excluding ortho intramolecular Hbond substituents is 1. The number of pyridine rings is 1. The molecule has 19 heavy (non-hydrogen) atoms. The van der Waals surface area contributed by atoms with Crippen LogP contribution in [0.5, 0.6) is 5.75 Å². The van der Waals surface area contributed by atoms with Gasteiger partial charge in [0.15, 0.2) is 0 Å². The third-order valence-corrected chi connectivity index (χ3v) is 2.80. The van der Waals surface area contributed by atoms with Gasteiger partial charge in [-0.25, -0.2) is 0 Å². The lowest BCUT2D eigenvalue weighted by atomic mass is 10.1. The maximum Gasteiger partial charge on any atom is 0.258 e. The number of aromatic hydroxyl groups is 1. The molecule has 3 rings (SSSR count). The zero-order valence-electron chi connectivity index (χ0n) is 10.2. The van der Waals surface area contributed by atoms with Crippen molar-refractivity contribution in [1.29, 1.82) is 0 Å². The van der Waals surface area contributed by atoms with Crippen LogP contribution in [-0.2, 0) is 0 Å². The Morgan fingerprint density at radius 1 is 1.11 bits per heavy atom. The van der Waals surface area contributed by atoms with Gasteiger partial charge in [-0.2, -0.15) is 4.98 Å². The summed E-state index contributed by atoms with van der Waals surface area (Å²) in [5.41, 5.74) is 2.65. The van der Waals surface area contributed by atoms with Crippen molar-refractivity contribution in [2.45, 2.75) is 6.92 Å². The van der Waals surface area contributed by atoms with Crippen LogP contribution in [0.15, 0.2) is 47.2 Å². The van der Waals surface area contributed by atoms with Crippen molar-refractivity contribution < 1.29 is 9.63 Å². The molecule has 0 aliphatic carbocycles. The molecule has 0 aliphatic heterocycles. The minimum absolute atomic E-state index is 0.202. The van der Waals surface area contributed by atoms with Crippen molar-refractivity contribution in [3.8, 4) is 28.6 Å². The summed E-state index contributed by atoms with van der Waals surface area (Å²) in [6.07, 6.45) is 3.45. The molecule has 0 atom stereocenters. The molecular weight excluding hydrogens is 242 g/mol. The maximum absolute atomic E-state index is 9.25. The SMILES string of the molecule is Cc1cnccc1-c1noc(-c2ccc(O)cc2)n1. The molecule has 3 aromatic rings. The third-order valence-electron chi connectivity index (χ3n) is 2.80. The van der Waals surface area contributed by atoms with Gasteiger partial charge >= 0.3 is 0 Å². The molecule has 2 heterocycles. The lowest BCUT2D eigenvalue weighted by molar-refractivity contribution is 0.432. The molecular formula is C14H11N3O2. The molecule has 5 heteroatoms. The highest BCUT2D eigenvalue weighted by molar-refractivity contribution is 5.62. The molecule has 0 bridgehead atoms. The molecule has 0 spiro atoms. The normalized spacial score (nSPS) is 10.6. The summed E-state index contributed by atoms with van der Waals surface area (Å²) in [5, 5.41) is 13.2. The quantitative estimate of drug-likeness (QED) is 0.760. The van der Waals surface area contributed by atoms with E-state index in [1.54, 1.807) is 36.7 Å². The summed E-state index contributed by atoms with van der Waals surface area (Å²) >= 11 is 0. The second kappa shape index (κ2) is 4.53. The first-order valence-electron chi connectivity index (χ1n) is 5.78. The highest BCUT2D eigenvalue weighted by Crippen LogP contribution is 2.24. The first-order valence-corrected chi connectivity index (χ1v) is 5.78. The Bertz CT molecular complexity index is 705. The summed E-state index contributed by atoms with van der Waals surface area (Å²) < 4.78 is 5.24. The maximum atomic E-state index is 9.25. The molecule has 94 valence electrons. The fourth-order valence-corrected chi connectivity index (χ4v) is 1.78. The fraction of sp³-hybridized carbons (Fsp3) is 0.0714. The van der Waals surface area contributed by atoms with Gasteiger partial charge in [0.2, 0.25) is 5.82 Å². The number of phenols is 1. The molecule has 1 aromatic carbocycles. The van der Waals surface area contributed by atoms with Gasteiger partial charge < -0.3 is 9.63 Å². The van der Waals surface area contributed by atoms with Crippen LogP contribution in [0.3, 0.4) is 0 Å².